The van der Waals surface area contributed by atoms with Gasteiger partial charge in [0, 0.05) is 5.56 Å². The van der Waals surface area contributed by atoms with E-state index in [0.717, 1.165) is 35.5 Å². The van der Waals surface area contributed by atoms with Crippen LogP contribution in [0, 0.1) is 6.92 Å². The number of carbonyl (C=O) groups excluding carboxylic acids is 1. The van der Waals surface area contributed by atoms with Crippen LogP contribution in [0.15, 0.2) is 12.1 Å². The van der Waals surface area contributed by atoms with Crippen LogP contribution in [0.2, 0.25) is 0 Å². The summed E-state index contributed by atoms with van der Waals surface area (Å²) >= 11 is 0. The number of rotatable bonds is 4. The third kappa shape index (κ3) is 1.79. The maximum Gasteiger partial charge on any atom is 0.140 e. The first-order chi connectivity index (χ1) is 8.05. The molecule has 0 bridgehead atoms. The van der Waals surface area contributed by atoms with Gasteiger partial charge in [0.15, 0.2) is 0 Å². The van der Waals surface area contributed by atoms with Crippen LogP contribution in [-0.2, 0) is 10.2 Å². The Morgan fingerprint density at radius 1 is 1.18 bits per heavy atom. The van der Waals surface area contributed by atoms with Crippen molar-refractivity contribution < 1.29 is 14.3 Å². The quantitative estimate of drug-likeness (QED) is 0.803. The lowest BCUT2D eigenvalue weighted by Crippen LogP contribution is -2.17. The summed E-state index contributed by atoms with van der Waals surface area (Å²) in [6.07, 6.45) is 1.86. The van der Waals surface area contributed by atoms with Gasteiger partial charge in [-0.1, -0.05) is 0 Å². The summed E-state index contributed by atoms with van der Waals surface area (Å²) in [7, 11) is 3.28. The molecule has 0 radical (unpaired) electrons. The number of methoxy groups -OCH3 is 2. The van der Waals surface area contributed by atoms with Gasteiger partial charge in [0.05, 0.1) is 19.6 Å². The SMILES string of the molecule is COc1cc(C2(C(C)=O)CC2)cc(OC)c1C. The summed E-state index contributed by atoms with van der Waals surface area (Å²) in [4.78, 5) is 11.7. The molecule has 1 aliphatic carbocycles. The molecule has 1 aromatic carbocycles. The van der Waals surface area contributed by atoms with E-state index in [0.29, 0.717) is 0 Å². The number of ether oxygens (including phenoxy) is 2. The molecule has 0 aliphatic heterocycles. The van der Waals surface area contributed by atoms with E-state index in [1.54, 1.807) is 21.1 Å². The largest absolute Gasteiger partial charge is 0.496 e. The topological polar surface area (TPSA) is 35.5 Å². The fourth-order valence-electron chi connectivity index (χ4n) is 2.33. The maximum atomic E-state index is 11.7. The molecule has 92 valence electrons. The van der Waals surface area contributed by atoms with E-state index in [-0.39, 0.29) is 11.2 Å². The lowest BCUT2D eigenvalue weighted by molar-refractivity contribution is -0.119. The minimum atomic E-state index is -0.283. The zero-order chi connectivity index (χ0) is 12.6. The van der Waals surface area contributed by atoms with Gasteiger partial charge in [0.2, 0.25) is 0 Å². The number of carbonyl (C=O) groups is 1. The van der Waals surface area contributed by atoms with Crippen molar-refractivity contribution in [1.82, 2.24) is 0 Å². The fraction of sp³-hybridized carbons (Fsp3) is 0.500. The zero-order valence-corrected chi connectivity index (χ0v) is 10.8. The predicted octanol–water partition coefficient (Wildman–Crippen LogP) is 2.63. The van der Waals surface area contributed by atoms with Crippen molar-refractivity contribution in [2.24, 2.45) is 0 Å². The molecule has 0 N–H and O–H groups in total. The van der Waals surface area contributed by atoms with Gasteiger partial charge in [-0.05, 0) is 44.4 Å². The summed E-state index contributed by atoms with van der Waals surface area (Å²) in [5.41, 5.74) is 1.70. The van der Waals surface area contributed by atoms with E-state index in [9.17, 15) is 4.79 Å². The highest BCUT2D eigenvalue weighted by Crippen LogP contribution is 2.51. The van der Waals surface area contributed by atoms with E-state index in [4.69, 9.17) is 9.47 Å². The normalized spacial score (nSPS) is 16.5. The fourth-order valence-corrected chi connectivity index (χ4v) is 2.33. The van der Waals surface area contributed by atoms with Crippen LogP contribution in [-0.4, -0.2) is 20.0 Å². The van der Waals surface area contributed by atoms with Crippen LogP contribution in [0.4, 0.5) is 0 Å². The molecule has 0 atom stereocenters. The molecule has 0 unspecified atom stereocenters. The molecule has 0 saturated heterocycles. The van der Waals surface area contributed by atoms with Gasteiger partial charge >= 0.3 is 0 Å². The van der Waals surface area contributed by atoms with Crippen LogP contribution >= 0.6 is 0 Å². The van der Waals surface area contributed by atoms with Gasteiger partial charge in [-0.2, -0.15) is 0 Å². The minimum Gasteiger partial charge on any atom is -0.496 e. The van der Waals surface area contributed by atoms with Gasteiger partial charge in [-0.3, -0.25) is 4.79 Å². The van der Waals surface area contributed by atoms with Crippen LogP contribution < -0.4 is 9.47 Å². The molecule has 3 heteroatoms. The van der Waals surface area contributed by atoms with Crippen molar-refractivity contribution in [1.29, 1.82) is 0 Å². The summed E-state index contributed by atoms with van der Waals surface area (Å²) in [5, 5.41) is 0. The Morgan fingerprint density at radius 2 is 1.65 bits per heavy atom. The van der Waals surface area contributed by atoms with Crippen LogP contribution in [0.25, 0.3) is 0 Å². The second kappa shape index (κ2) is 4.06. The van der Waals surface area contributed by atoms with Crippen LogP contribution in [0.5, 0.6) is 11.5 Å². The smallest absolute Gasteiger partial charge is 0.140 e. The first-order valence-corrected chi connectivity index (χ1v) is 5.79. The zero-order valence-electron chi connectivity index (χ0n) is 10.8. The molecule has 17 heavy (non-hydrogen) atoms. The van der Waals surface area contributed by atoms with Gasteiger partial charge in [-0.25, -0.2) is 0 Å². The van der Waals surface area contributed by atoms with Crippen molar-refractivity contribution in [2.75, 3.05) is 14.2 Å². The number of hydrogen-bond acceptors (Lipinski definition) is 3. The monoisotopic (exact) mass is 234 g/mol. The molecule has 2 rings (SSSR count). The Balaban J connectivity index is 2.53. The van der Waals surface area contributed by atoms with Crippen molar-refractivity contribution in [3.63, 3.8) is 0 Å². The first-order valence-electron chi connectivity index (χ1n) is 5.79. The van der Waals surface area contributed by atoms with Gasteiger partial charge < -0.3 is 9.47 Å². The van der Waals surface area contributed by atoms with Crippen LogP contribution in [0.1, 0.15) is 30.9 Å². The Labute approximate surface area is 102 Å². The standard InChI is InChI=1S/C14H18O3/c1-9-12(16-3)7-11(8-13(9)17-4)14(5-6-14)10(2)15/h7-8H,5-6H2,1-4H3. The van der Waals surface area contributed by atoms with E-state index in [2.05, 4.69) is 0 Å². The van der Waals surface area contributed by atoms with Crippen LogP contribution in [0.3, 0.4) is 0 Å². The average molecular weight is 234 g/mol. The summed E-state index contributed by atoms with van der Waals surface area (Å²) < 4.78 is 10.7. The lowest BCUT2D eigenvalue weighted by Gasteiger charge is -2.17. The number of Topliss-reactive ketones (excluding diaryl/α,β-unsaturated/α-hetero) is 1. The molecular weight excluding hydrogens is 216 g/mol. The Hall–Kier alpha value is -1.51. The molecule has 0 amide bonds. The third-order valence-corrected chi connectivity index (χ3v) is 3.73. The highest BCUT2D eigenvalue weighted by Gasteiger charge is 2.49. The molecular formula is C14H18O3. The Kier molecular flexibility index (Phi) is 2.86. The van der Waals surface area contributed by atoms with E-state index >= 15 is 0 Å². The van der Waals surface area contributed by atoms with Gasteiger partial charge in [0.25, 0.3) is 0 Å². The predicted molar refractivity (Wildman–Crippen MR) is 65.9 cm³/mol. The third-order valence-electron chi connectivity index (χ3n) is 3.73. The van der Waals surface area contributed by atoms with Crippen molar-refractivity contribution >= 4 is 5.78 Å². The second-order valence-corrected chi connectivity index (χ2v) is 4.64. The Morgan fingerprint density at radius 3 is 1.94 bits per heavy atom. The molecule has 0 spiro atoms. The number of hydrogen-bond donors (Lipinski definition) is 0. The highest BCUT2D eigenvalue weighted by molar-refractivity contribution is 5.91. The van der Waals surface area contributed by atoms with E-state index in [1.165, 1.54) is 0 Å². The molecule has 0 heterocycles. The number of benzene rings is 1. The molecule has 1 aliphatic rings. The van der Waals surface area contributed by atoms with E-state index in [1.807, 2.05) is 19.1 Å². The average Bonchev–Trinajstić information content (AvgIpc) is 3.10. The van der Waals surface area contributed by atoms with Gasteiger partial charge in [0.1, 0.15) is 17.3 Å². The highest BCUT2D eigenvalue weighted by atomic mass is 16.5. The van der Waals surface area contributed by atoms with Gasteiger partial charge in [-0.15, -0.1) is 0 Å². The van der Waals surface area contributed by atoms with E-state index < -0.39 is 0 Å². The lowest BCUT2D eigenvalue weighted by atomic mass is 9.91. The molecule has 3 nitrogen and oxygen atoms in total. The first kappa shape index (κ1) is 12.0. The maximum absolute atomic E-state index is 11.7. The molecule has 1 saturated carbocycles. The number of ketones is 1. The Bertz CT molecular complexity index is 434. The van der Waals surface area contributed by atoms with Crippen molar-refractivity contribution in [3.8, 4) is 11.5 Å². The molecule has 1 aromatic rings. The summed E-state index contributed by atoms with van der Waals surface area (Å²) in [5.74, 6) is 1.80. The molecule has 0 aromatic heterocycles. The van der Waals surface area contributed by atoms with Crippen molar-refractivity contribution in [3.05, 3.63) is 23.3 Å². The summed E-state index contributed by atoms with van der Waals surface area (Å²) in [6, 6.07) is 3.93. The minimum absolute atomic E-state index is 0.227. The second-order valence-electron chi connectivity index (χ2n) is 4.64. The summed E-state index contributed by atoms with van der Waals surface area (Å²) in [6.45, 7) is 3.61. The van der Waals surface area contributed by atoms with Crippen molar-refractivity contribution in [2.45, 2.75) is 32.1 Å². The molecule has 1 fully saturated rings.